The number of halogens is 2. The third-order valence-electron chi connectivity index (χ3n) is 4.77. The van der Waals surface area contributed by atoms with Crippen molar-refractivity contribution in [3.63, 3.8) is 0 Å². The van der Waals surface area contributed by atoms with Crippen LogP contribution in [0, 0.1) is 22.7 Å². The highest BCUT2D eigenvalue weighted by Crippen LogP contribution is 2.34. The van der Waals surface area contributed by atoms with Crippen molar-refractivity contribution < 1.29 is 17.9 Å². The molecule has 1 aliphatic rings. The van der Waals surface area contributed by atoms with Crippen LogP contribution in [0.3, 0.4) is 0 Å². The van der Waals surface area contributed by atoms with Crippen LogP contribution >= 0.6 is 35.4 Å². The summed E-state index contributed by atoms with van der Waals surface area (Å²) in [6, 6.07) is 12.2. The lowest BCUT2D eigenvalue weighted by molar-refractivity contribution is -0.118. The fraction of sp³-hybridized carbons (Fsp3) is 0.238. The van der Waals surface area contributed by atoms with Crippen LogP contribution in [0.4, 0.5) is 0 Å². The van der Waals surface area contributed by atoms with Gasteiger partial charge < -0.3 is 15.0 Å². The topological polar surface area (TPSA) is 127 Å². The number of nitriles is 2. The monoisotopic (exact) mass is 537 g/mol. The Kier molecular flexibility index (Phi) is 8.31. The van der Waals surface area contributed by atoms with Crippen molar-refractivity contribution in [2.24, 2.45) is 0 Å². The first kappa shape index (κ1) is 25.7. The number of amides is 1. The second-order valence-electron chi connectivity index (χ2n) is 7.06. The minimum Gasteiger partial charge on any atom is -0.456 e. The van der Waals surface area contributed by atoms with E-state index in [0.717, 1.165) is 0 Å². The molecule has 0 atom stereocenters. The molecule has 0 saturated carbocycles. The van der Waals surface area contributed by atoms with E-state index in [4.69, 9.17) is 45.4 Å². The number of ether oxygens (including phenoxy) is 1. The Bertz CT molecular complexity index is 1290. The first-order chi connectivity index (χ1) is 16.1. The Labute approximate surface area is 212 Å². The number of hydrogen-bond acceptors (Lipinski definition) is 7. The first-order valence-electron chi connectivity index (χ1n) is 9.78. The average Bonchev–Trinajstić information content (AvgIpc) is 2.78. The van der Waals surface area contributed by atoms with Crippen LogP contribution in [0.5, 0.6) is 11.5 Å². The van der Waals surface area contributed by atoms with Gasteiger partial charge >= 0.3 is 0 Å². The Morgan fingerprint density at radius 1 is 1.09 bits per heavy atom. The Hall–Kier alpha value is -2.93. The molecule has 1 saturated heterocycles. The maximum absolute atomic E-state index is 13.5. The van der Waals surface area contributed by atoms with Gasteiger partial charge in [-0.1, -0.05) is 23.2 Å². The van der Waals surface area contributed by atoms with Gasteiger partial charge in [-0.25, -0.2) is 8.42 Å². The zero-order valence-electron chi connectivity index (χ0n) is 17.5. The van der Waals surface area contributed by atoms with Crippen LogP contribution in [-0.2, 0) is 14.8 Å². The van der Waals surface area contributed by atoms with Crippen molar-refractivity contribution in [3.8, 4) is 23.6 Å². The van der Waals surface area contributed by atoms with Crippen molar-refractivity contribution in [1.82, 2.24) is 14.5 Å². The molecule has 0 aliphatic carbocycles. The van der Waals surface area contributed by atoms with Gasteiger partial charge in [0.2, 0.25) is 15.9 Å². The summed E-state index contributed by atoms with van der Waals surface area (Å²) in [4.78, 5) is 13.1. The third-order valence-corrected chi connectivity index (χ3v) is 7.48. The van der Waals surface area contributed by atoms with E-state index < -0.39 is 15.9 Å². The van der Waals surface area contributed by atoms with Crippen molar-refractivity contribution in [1.29, 1.82) is 10.5 Å². The molecule has 1 amide bonds. The van der Waals surface area contributed by atoms with E-state index in [2.05, 4.69) is 5.32 Å². The maximum atomic E-state index is 13.5. The fourth-order valence-corrected chi connectivity index (χ4v) is 5.53. The summed E-state index contributed by atoms with van der Waals surface area (Å²) >= 11 is 17.2. The number of nitrogens with zero attached hydrogens (tertiary/aromatic N) is 4. The molecule has 1 fully saturated rings. The minimum absolute atomic E-state index is 0.0130. The smallest absolute Gasteiger partial charge is 0.246 e. The van der Waals surface area contributed by atoms with Crippen molar-refractivity contribution in [2.75, 3.05) is 26.2 Å². The molecule has 1 N–H and O–H groups in total. The second kappa shape index (κ2) is 11.0. The Balaban J connectivity index is 1.82. The highest BCUT2D eigenvalue weighted by molar-refractivity contribution is 7.89. The molecule has 2 aromatic carbocycles. The van der Waals surface area contributed by atoms with E-state index in [0.29, 0.717) is 10.0 Å². The number of thiocarbonyl (C=S) groups is 1. The second-order valence-corrected chi connectivity index (χ2v) is 10.2. The summed E-state index contributed by atoms with van der Waals surface area (Å²) in [6.45, 7) is 0.609. The van der Waals surface area contributed by atoms with Crippen molar-refractivity contribution >= 4 is 56.5 Å². The largest absolute Gasteiger partial charge is 0.456 e. The van der Waals surface area contributed by atoms with Crippen LogP contribution in [0.1, 0.15) is 12.0 Å². The summed E-state index contributed by atoms with van der Waals surface area (Å²) in [5, 5.41) is 21.1. The van der Waals surface area contributed by atoms with E-state index in [-0.39, 0.29) is 59.7 Å². The fourth-order valence-electron chi connectivity index (χ4n) is 3.16. The molecule has 2 aromatic rings. The lowest BCUT2D eigenvalue weighted by atomic mass is 10.2. The molecule has 0 bridgehead atoms. The van der Waals surface area contributed by atoms with Gasteiger partial charge in [0.15, 0.2) is 5.11 Å². The van der Waals surface area contributed by atoms with Crippen LogP contribution in [-0.4, -0.2) is 54.8 Å². The summed E-state index contributed by atoms with van der Waals surface area (Å²) in [5.41, 5.74) is 0.148. The number of piperazine rings is 1. The third kappa shape index (κ3) is 6.14. The highest BCUT2D eigenvalue weighted by Gasteiger charge is 2.32. The number of benzene rings is 2. The van der Waals surface area contributed by atoms with Crippen LogP contribution in [0.2, 0.25) is 10.0 Å². The lowest BCUT2D eigenvalue weighted by Crippen LogP contribution is -2.53. The van der Waals surface area contributed by atoms with Gasteiger partial charge in [0.1, 0.15) is 22.8 Å². The van der Waals surface area contributed by atoms with Gasteiger partial charge in [0, 0.05) is 36.2 Å². The van der Waals surface area contributed by atoms with E-state index in [9.17, 15) is 18.5 Å². The van der Waals surface area contributed by atoms with E-state index in [1.54, 1.807) is 11.0 Å². The molecule has 0 radical (unpaired) electrons. The maximum Gasteiger partial charge on any atom is 0.246 e. The summed E-state index contributed by atoms with van der Waals surface area (Å²) in [7, 11) is -4.06. The van der Waals surface area contributed by atoms with Gasteiger partial charge in [-0.15, -0.1) is 0 Å². The molecule has 13 heteroatoms. The van der Waals surface area contributed by atoms with Gasteiger partial charge in [0.05, 0.1) is 17.7 Å². The van der Waals surface area contributed by atoms with E-state index >= 15 is 0 Å². The molecule has 1 heterocycles. The highest BCUT2D eigenvalue weighted by atomic mass is 35.5. The molecule has 9 nitrogen and oxygen atoms in total. The molecule has 0 spiro atoms. The SMILES string of the molecule is N#CCC(=O)NC(=S)N1CCN(S(=O)(=O)c2cc(C#N)ccc2Oc2cc(Cl)cc(Cl)c2)CC1. The standard InChI is InChI=1S/C21H17Cl2N5O4S2/c22-15-10-16(23)12-17(11-15)32-18-2-1-14(13-25)9-19(18)34(30,31)28-7-5-27(6-8-28)21(33)26-20(29)3-4-24/h1-2,9-12H,3,5-8H2,(H,26,29,33). The number of hydrogen-bond donors (Lipinski definition) is 1. The van der Waals surface area contributed by atoms with Gasteiger partial charge in [-0.3, -0.25) is 4.79 Å². The molecular weight excluding hydrogens is 521 g/mol. The van der Waals surface area contributed by atoms with Gasteiger partial charge in [-0.05, 0) is 48.6 Å². The Morgan fingerprint density at radius 2 is 1.74 bits per heavy atom. The number of rotatable bonds is 5. The predicted molar refractivity (Wildman–Crippen MR) is 129 cm³/mol. The predicted octanol–water partition coefficient (Wildman–Crippen LogP) is 3.28. The van der Waals surface area contributed by atoms with Crippen LogP contribution < -0.4 is 10.1 Å². The summed E-state index contributed by atoms with van der Waals surface area (Å²) in [5.74, 6) is -0.278. The summed E-state index contributed by atoms with van der Waals surface area (Å²) in [6.07, 6.45) is -0.329. The molecule has 0 unspecified atom stereocenters. The number of nitrogens with one attached hydrogen (secondary N) is 1. The number of carbonyl (C=O) groups excluding carboxylic acids is 1. The molecular formula is C21H17Cl2N5O4S2. The average molecular weight is 538 g/mol. The minimum atomic E-state index is -4.06. The van der Waals surface area contributed by atoms with Crippen LogP contribution in [0.25, 0.3) is 0 Å². The van der Waals surface area contributed by atoms with Crippen molar-refractivity contribution in [2.45, 2.75) is 11.3 Å². The summed E-state index contributed by atoms with van der Waals surface area (Å²) < 4.78 is 34.0. The van der Waals surface area contributed by atoms with E-state index in [1.165, 1.54) is 40.7 Å². The van der Waals surface area contributed by atoms with E-state index in [1.807, 2.05) is 6.07 Å². The van der Waals surface area contributed by atoms with Crippen molar-refractivity contribution in [3.05, 3.63) is 52.0 Å². The van der Waals surface area contributed by atoms with Crippen LogP contribution in [0.15, 0.2) is 41.3 Å². The van der Waals surface area contributed by atoms with Gasteiger partial charge in [-0.2, -0.15) is 14.8 Å². The first-order valence-corrected chi connectivity index (χ1v) is 12.4. The number of sulfonamides is 1. The molecule has 34 heavy (non-hydrogen) atoms. The van der Waals surface area contributed by atoms with Gasteiger partial charge in [0.25, 0.3) is 0 Å². The molecule has 176 valence electrons. The molecule has 0 aromatic heterocycles. The number of carbonyl (C=O) groups is 1. The normalized spacial score (nSPS) is 14.1. The Morgan fingerprint density at radius 3 is 2.32 bits per heavy atom. The quantitative estimate of drug-likeness (QED) is 0.575. The molecule has 3 rings (SSSR count). The zero-order valence-corrected chi connectivity index (χ0v) is 20.6. The molecule has 1 aliphatic heterocycles. The lowest BCUT2D eigenvalue weighted by Gasteiger charge is -2.35. The zero-order chi connectivity index (χ0) is 24.9.